The van der Waals surface area contributed by atoms with Crippen molar-refractivity contribution in [3.63, 3.8) is 0 Å². The molecule has 4 heterocycles. The first-order valence-corrected chi connectivity index (χ1v) is 13.5. The summed E-state index contributed by atoms with van der Waals surface area (Å²) in [6.45, 7) is 7.28. The van der Waals surface area contributed by atoms with Gasteiger partial charge in [0.2, 0.25) is 0 Å². The number of nitriles is 1. The van der Waals surface area contributed by atoms with E-state index in [2.05, 4.69) is 11.0 Å². The lowest BCUT2D eigenvalue weighted by Gasteiger charge is -2.29. The van der Waals surface area contributed by atoms with E-state index in [9.17, 15) is 14.9 Å². The fraction of sp³-hybridized carbons (Fsp3) is 0.600. The summed E-state index contributed by atoms with van der Waals surface area (Å²) in [6, 6.07) is 2.12. The molecule has 1 atom stereocenters. The van der Waals surface area contributed by atoms with Gasteiger partial charge in [-0.25, -0.2) is 0 Å². The lowest BCUT2D eigenvalue weighted by atomic mass is 10.0. The van der Waals surface area contributed by atoms with Gasteiger partial charge < -0.3 is 9.64 Å². The molecule has 7 nitrogen and oxygen atoms in total. The molecule has 0 N–H and O–H groups in total. The minimum absolute atomic E-state index is 0.0212. The molecule has 3 aliphatic heterocycles. The number of carbonyl (C=O) groups is 1. The summed E-state index contributed by atoms with van der Waals surface area (Å²) in [7, 11) is 0. The molecular weight excluding hydrogens is 468 g/mol. The van der Waals surface area contributed by atoms with Gasteiger partial charge in [0, 0.05) is 31.8 Å². The van der Waals surface area contributed by atoms with Crippen molar-refractivity contribution in [3.8, 4) is 6.07 Å². The number of hydrogen-bond donors (Lipinski definition) is 0. The molecule has 0 bridgehead atoms. The topological polar surface area (TPSA) is 78.6 Å². The van der Waals surface area contributed by atoms with Crippen molar-refractivity contribution in [2.75, 3.05) is 31.1 Å². The third-order valence-corrected chi connectivity index (χ3v) is 8.14. The Morgan fingerprint density at radius 3 is 2.56 bits per heavy atom. The van der Waals surface area contributed by atoms with Crippen molar-refractivity contribution in [1.82, 2.24) is 9.47 Å². The Labute approximate surface area is 210 Å². The lowest BCUT2D eigenvalue weighted by molar-refractivity contribution is -0.123. The van der Waals surface area contributed by atoms with E-state index in [1.54, 1.807) is 9.47 Å². The quantitative estimate of drug-likeness (QED) is 0.428. The van der Waals surface area contributed by atoms with Crippen LogP contribution in [-0.4, -0.2) is 52.0 Å². The largest absolute Gasteiger partial charge is 0.376 e. The van der Waals surface area contributed by atoms with E-state index < -0.39 is 0 Å². The van der Waals surface area contributed by atoms with Gasteiger partial charge in [0.15, 0.2) is 0 Å². The number of anilines is 1. The van der Waals surface area contributed by atoms with E-state index in [0.29, 0.717) is 27.9 Å². The van der Waals surface area contributed by atoms with Crippen LogP contribution in [0.25, 0.3) is 6.08 Å². The van der Waals surface area contributed by atoms with Gasteiger partial charge in [0.25, 0.3) is 11.5 Å². The van der Waals surface area contributed by atoms with Crippen molar-refractivity contribution >= 4 is 46.1 Å². The molecule has 1 aromatic heterocycles. The number of hydrogen-bond acceptors (Lipinski definition) is 7. The molecule has 0 radical (unpaired) electrons. The van der Waals surface area contributed by atoms with Gasteiger partial charge >= 0.3 is 0 Å². The number of thiocarbonyl (C=S) groups is 1. The average Bonchev–Trinajstić information content (AvgIpc) is 3.32. The van der Waals surface area contributed by atoms with Crippen LogP contribution in [0.15, 0.2) is 9.70 Å². The van der Waals surface area contributed by atoms with Crippen LogP contribution in [0, 0.1) is 18.3 Å². The number of ether oxygens (including phenoxy) is 1. The van der Waals surface area contributed by atoms with Crippen molar-refractivity contribution in [2.24, 2.45) is 0 Å². The standard InChI is InChI=1S/C25H32N4O3S2/c1-3-10-28-22(27-11-6-4-5-7-12-27)19(17(2)20(15-26)23(28)30)14-21-24(31)29(25(33)34-21)16-18-9-8-13-32-18/h14,18H,3-13,16H2,1-2H3/b21-14+. The van der Waals surface area contributed by atoms with Gasteiger partial charge in [0.1, 0.15) is 21.8 Å². The molecule has 0 aliphatic carbocycles. The molecule has 9 heteroatoms. The van der Waals surface area contributed by atoms with Crippen LogP contribution >= 0.6 is 24.0 Å². The first-order chi connectivity index (χ1) is 16.5. The summed E-state index contributed by atoms with van der Waals surface area (Å²) in [5.41, 5.74) is 1.31. The lowest BCUT2D eigenvalue weighted by Crippen LogP contribution is -2.36. The second kappa shape index (κ2) is 11.1. The zero-order valence-electron chi connectivity index (χ0n) is 20.0. The number of thioether (sulfide) groups is 1. The maximum absolute atomic E-state index is 13.3. The highest BCUT2D eigenvalue weighted by molar-refractivity contribution is 8.26. The Balaban J connectivity index is 1.81. The molecule has 1 unspecified atom stereocenters. The molecule has 3 fully saturated rings. The number of pyridine rings is 1. The zero-order chi connectivity index (χ0) is 24.2. The summed E-state index contributed by atoms with van der Waals surface area (Å²) < 4.78 is 7.99. The van der Waals surface area contributed by atoms with E-state index in [4.69, 9.17) is 17.0 Å². The highest BCUT2D eigenvalue weighted by atomic mass is 32.2. The number of carbonyl (C=O) groups excluding carboxylic acids is 1. The molecule has 0 saturated carbocycles. The minimum Gasteiger partial charge on any atom is -0.376 e. The maximum Gasteiger partial charge on any atom is 0.270 e. The van der Waals surface area contributed by atoms with Gasteiger partial charge in [-0.2, -0.15) is 5.26 Å². The molecule has 0 spiro atoms. The summed E-state index contributed by atoms with van der Waals surface area (Å²) in [5.74, 6) is 0.702. The Hall–Kier alpha value is -2.15. The molecular formula is C25H32N4O3S2. The number of aromatic nitrogens is 1. The molecule has 1 amide bonds. The normalized spacial score (nSPS) is 22.5. The van der Waals surface area contributed by atoms with Crippen molar-refractivity contribution in [1.29, 1.82) is 5.26 Å². The second-order valence-electron chi connectivity index (χ2n) is 9.13. The number of amides is 1. The van der Waals surface area contributed by atoms with Crippen molar-refractivity contribution < 1.29 is 9.53 Å². The van der Waals surface area contributed by atoms with Gasteiger partial charge in [-0.1, -0.05) is 43.7 Å². The fourth-order valence-electron chi connectivity index (χ4n) is 4.98. The zero-order valence-corrected chi connectivity index (χ0v) is 21.6. The molecule has 3 aliphatic rings. The third-order valence-electron chi connectivity index (χ3n) is 6.76. The maximum atomic E-state index is 13.3. The van der Waals surface area contributed by atoms with Crippen LogP contribution in [0.3, 0.4) is 0 Å². The van der Waals surface area contributed by atoms with Crippen LogP contribution < -0.4 is 10.5 Å². The highest BCUT2D eigenvalue weighted by Crippen LogP contribution is 2.37. The SMILES string of the molecule is CCCn1c(N2CCCCCC2)c(/C=C2/SC(=S)N(CC3CCCO3)C2=O)c(C)c(C#N)c1=O. The first-order valence-electron chi connectivity index (χ1n) is 12.3. The van der Waals surface area contributed by atoms with Crippen LogP contribution in [0.5, 0.6) is 0 Å². The Morgan fingerprint density at radius 2 is 1.94 bits per heavy atom. The molecule has 1 aromatic rings. The van der Waals surface area contributed by atoms with E-state index in [1.165, 1.54) is 24.6 Å². The summed E-state index contributed by atoms with van der Waals surface area (Å²) in [5, 5.41) is 9.81. The van der Waals surface area contributed by atoms with Crippen LogP contribution in [-0.2, 0) is 16.1 Å². The molecule has 34 heavy (non-hydrogen) atoms. The smallest absolute Gasteiger partial charge is 0.270 e. The predicted molar refractivity (Wildman–Crippen MR) is 140 cm³/mol. The monoisotopic (exact) mass is 500 g/mol. The van der Waals surface area contributed by atoms with Gasteiger partial charge in [0.05, 0.1) is 17.6 Å². The second-order valence-corrected chi connectivity index (χ2v) is 10.8. The third kappa shape index (κ3) is 4.95. The van der Waals surface area contributed by atoms with E-state index in [1.807, 2.05) is 19.9 Å². The number of nitrogens with zero attached hydrogens (tertiary/aromatic N) is 4. The van der Waals surface area contributed by atoms with Crippen LogP contribution in [0.4, 0.5) is 5.82 Å². The summed E-state index contributed by atoms with van der Waals surface area (Å²) in [6.07, 6.45) is 9.04. The van der Waals surface area contributed by atoms with Gasteiger partial charge in [-0.15, -0.1) is 0 Å². The molecule has 4 rings (SSSR count). The Bertz CT molecular complexity index is 1090. The Morgan fingerprint density at radius 1 is 1.21 bits per heavy atom. The Kier molecular flexibility index (Phi) is 8.12. The van der Waals surface area contributed by atoms with Gasteiger partial charge in [-0.05, 0) is 50.7 Å². The fourth-order valence-corrected chi connectivity index (χ4v) is 6.24. The van der Waals surface area contributed by atoms with Crippen LogP contribution in [0.1, 0.15) is 68.6 Å². The van der Waals surface area contributed by atoms with E-state index in [0.717, 1.165) is 63.2 Å². The number of rotatable bonds is 6. The predicted octanol–water partition coefficient (Wildman–Crippen LogP) is 4.20. The minimum atomic E-state index is -0.246. The first kappa shape index (κ1) is 25.0. The molecule has 3 saturated heterocycles. The molecule has 182 valence electrons. The van der Waals surface area contributed by atoms with E-state index >= 15 is 0 Å². The highest BCUT2D eigenvalue weighted by Gasteiger charge is 2.35. The van der Waals surface area contributed by atoms with Gasteiger partial charge in [-0.3, -0.25) is 19.1 Å². The van der Waals surface area contributed by atoms with Crippen molar-refractivity contribution in [3.05, 3.63) is 31.9 Å². The van der Waals surface area contributed by atoms with E-state index in [-0.39, 0.29) is 23.1 Å². The molecule has 0 aromatic carbocycles. The van der Waals surface area contributed by atoms with Crippen LogP contribution in [0.2, 0.25) is 0 Å². The summed E-state index contributed by atoms with van der Waals surface area (Å²) >= 11 is 6.83. The average molecular weight is 501 g/mol. The summed E-state index contributed by atoms with van der Waals surface area (Å²) in [4.78, 5) is 31.1. The van der Waals surface area contributed by atoms with Crippen molar-refractivity contribution in [2.45, 2.75) is 71.4 Å².